The zero-order valence-corrected chi connectivity index (χ0v) is 10.9. The van der Waals surface area contributed by atoms with Crippen LogP contribution in [0.4, 0.5) is 5.69 Å². The summed E-state index contributed by atoms with van der Waals surface area (Å²) >= 11 is 0. The van der Waals surface area contributed by atoms with Crippen LogP contribution in [0.25, 0.3) is 0 Å². The smallest absolute Gasteiger partial charge is 0.114 e. The average molecular weight is 231 g/mol. The van der Waals surface area contributed by atoms with Crippen molar-refractivity contribution in [2.75, 3.05) is 0 Å². The van der Waals surface area contributed by atoms with Crippen molar-refractivity contribution in [2.24, 2.45) is 11.1 Å². The fourth-order valence-electron chi connectivity index (χ4n) is 2.76. The normalized spacial score (nSPS) is 17.2. The summed E-state index contributed by atoms with van der Waals surface area (Å²) in [5.41, 5.74) is 2.98. The highest BCUT2D eigenvalue weighted by Crippen LogP contribution is 2.48. The van der Waals surface area contributed by atoms with Crippen LogP contribution in [0, 0.1) is 10.8 Å². The number of hydrogen-bond acceptors (Lipinski definition) is 2. The maximum atomic E-state index is 11.2. The molecule has 2 rings (SSSR count). The highest BCUT2D eigenvalue weighted by molar-refractivity contribution is 5.56. The summed E-state index contributed by atoms with van der Waals surface area (Å²) in [6.07, 6.45) is 3.72. The lowest BCUT2D eigenvalue weighted by Crippen LogP contribution is -2.02. The number of hydrogen-bond donors (Lipinski definition) is 0. The molecule has 0 heterocycles. The SMILES string of the molecule is CCC(c1cccc(C(C)C)c1N=O)C1CC1. The van der Waals surface area contributed by atoms with Gasteiger partial charge in [0.2, 0.25) is 0 Å². The molecule has 1 unspecified atom stereocenters. The molecule has 2 nitrogen and oxygen atoms in total. The summed E-state index contributed by atoms with van der Waals surface area (Å²) < 4.78 is 0. The Kier molecular flexibility index (Phi) is 3.60. The zero-order valence-electron chi connectivity index (χ0n) is 10.9. The van der Waals surface area contributed by atoms with Crippen molar-refractivity contribution in [2.45, 2.75) is 51.9 Å². The lowest BCUT2D eigenvalue weighted by atomic mass is 9.87. The van der Waals surface area contributed by atoms with Gasteiger partial charge in [-0.1, -0.05) is 39.0 Å². The Morgan fingerprint density at radius 1 is 1.29 bits per heavy atom. The van der Waals surface area contributed by atoms with Crippen LogP contribution in [0.2, 0.25) is 0 Å². The molecule has 0 aromatic heterocycles. The van der Waals surface area contributed by atoms with Gasteiger partial charge in [0.25, 0.3) is 0 Å². The van der Waals surface area contributed by atoms with Crippen molar-refractivity contribution in [3.63, 3.8) is 0 Å². The number of benzene rings is 1. The van der Waals surface area contributed by atoms with Gasteiger partial charge in [-0.15, -0.1) is 4.91 Å². The van der Waals surface area contributed by atoms with E-state index in [1.165, 1.54) is 18.4 Å². The maximum absolute atomic E-state index is 11.2. The molecule has 17 heavy (non-hydrogen) atoms. The third kappa shape index (κ3) is 2.41. The second-order valence-electron chi connectivity index (χ2n) is 5.38. The van der Waals surface area contributed by atoms with E-state index >= 15 is 0 Å². The topological polar surface area (TPSA) is 29.4 Å². The summed E-state index contributed by atoms with van der Waals surface area (Å²) in [6.45, 7) is 6.44. The summed E-state index contributed by atoms with van der Waals surface area (Å²) in [5.74, 6) is 1.67. The molecule has 0 radical (unpaired) electrons. The van der Waals surface area contributed by atoms with Gasteiger partial charge in [-0.3, -0.25) is 0 Å². The van der Waals surface area contributed by atoms with Gasteiger partial charge < -0.3 is 0 Å². The van der Waals surface area contributed by atoms with E-state index in [0.717, 1.165) is 17.9 Å². The summed E-state index contributed by atoms with van der Waals surface area (Å²) in [7, 11) is 0. The Bertz CT molecular complexity index is 407. The van der Waals surface area contributed by atoms with Gasteiger partial charge in [-0.25, -0.2) is 0 Å². The third-order valence-corrected chi connectivity index (χ3v) is 3.84. The predicted octanol–water partition coefficient (Wildman–Crippen LogP) is 5.11. The number of rotatable bonds is 5. The van der Waals surface area contributed by atoms with Gasteiger partial charge in [0.1, 0.15) is 5.69 Å². The van der Waals surface area contributed by atoms with Crippen LogP contribution in [-0.4, -0.2) is 0 Å². The van der Waals surface area contributed by atoms with Crippen LogP contribution in [-0.2, 0) is 0 Å². The van der Waals surface area contributed by atoms with Gasteiger partial charge in [0.05, 0.1) is 0 Å². The molecule has 2 heteroatoms. The van der Waals surface area contributed by atoms with Crippen LogP contribution in [0.1, 0.15) is 63.0 Å². The summed E-state index contributed by atoms with van der Waals surface area (Å²) in [4.78, 5) is 11.2. The van der Waals surface area contributed by atoms with E-state index < -0.39 is 0 Å². The largest absolute Gasteiger partial charge is 0.145 e. The van der Waals surface area contributed by atoms with E-state index in [4.69, 9.17) is 0 Å². The molecule has 1 saturated carbocycles. The molecule has 0 amide bonds. The lowest BCUT2D eigenvalue weighted by molar-refractivity contribution is 0.586. The van der Waals surface area contributed by atoms with Gasteiger partial charge in [-0.05, 0) is 53.3 Å². The fraction of sp³-hybridized carbons (Fsp3) is 0.600. The molecule has 0 saturated heterocycles. The Labute approximate surface area is 103 Å². The molecule has 0 bridgehead atoms. The van der Waals surface area contributed by atoms with E-state index in [-0.39, 0.29) is 0 Å². The van der Waals surface area contributed by atoms with E-state index in [2.05, 4.69) is 38.1 Å². The minimum atomic E-state index is 0.361. The molecule has 92 valence electrons. The fourth-order valence-corrected chi connectivity index (χ4v) is 2.76. The lowest BCUT2D eigenvalue weighted by Gasteiger charge is -2.18. The summed E-state index contributed by atoms with van der Waals surface area (Å²) in [6, 6.07) is 6.20. The third-order valence-electron chi connectivity index (χ3n) is 3.84. The van der Waals surface area contributed by atoms with Crippen molar-refractivity contribution < 1.29 is 0 Å². The first-order chi connectivity index (χ1) is 8.19. The Morgan fingerprint density at radius 2 is 1.94 bits per heavy atom. The number of nitroso groups, excluding NO2 is 1. The van der Waals surface area contributed by atoms with Crippen LogP contribution in [0.15, 0.2) is 23.4 Å². The standard InChI is InChI=1S/C15H21NO/c1-4-12(11-8-9-11)14-7-5-6-13(10(2)3)15(14)16-17/h5-7,10-12H,4,8-9H2,1-3H3. The van der Waals surface area contributed by atoms with Crippen molar-refractivity contribution in [1.29, 1.82) is 0 Å². The molecule has 1 atom stereocenters. The monoisotopic (exact) mass is 231 g/mol. The minimum absolute atomic E-state index is 0.361. The van der Waals surface area contributed by atoms with Crippen LogP contribution in [0.3, 0.4) is 0 Å². The first kappa shape index (κ1) is 12.3. The molecular weight excluding hydrogens is 210 g/mol. The quantitative estimate of drug-likeness (QED) is 0.647. The molecule has 0 N–H and O–H groups in total. The maximum Gasteiger partial charge on any atom is 0.114 e. The second-order valence-corrected chi connectivity index (χ2v) is 5.38. The van der Waals surface area contributed by atoms with Crippen molar-refractivity contribution in [1.82, 2.24) is 0 Å². The Balaban J connectivity index is 2.44. The van der Waals surface area contributed by atoms with E-state index in [0.29, 0.717) is 17.5 Å². The van der Waals surface area contributed by atoms with Crippen LogP contribution in [0.5, 0.6) is 0 Å². The molecule has 1 aliphatic carbocycles. The Hall–Kier alpha value is -1.18. The highest BCUT2D eigenvalue weighted by Gasteiger charge is 2.33. The van der Waals surface area contributed by atoms with Crippen LogP contribution < -0.4 is 0 Å². The molecule has 1 aromatic carbocycles. The zero-order chi connectivity index (χ0) is 12.4. The molecular formula is C15H21NO. The summed E-state index contributed by atoms with van der Waals surface area (Å²) in [5, 5.41) is 3.32. The molecule has 0 spiro atoms. The highest BCUT2D eigenvalue weighted by atomic mass is 16.3. The Morgan fingerprint density at radius 3 is 2.41 bits per heavy atom. The van der Waals surface area contributed by atoms with Crippen LogP contribution >= 0.6 is 0 Å². The first-order valence-corrected chi connectivity index (χ1v) is 6.65. The van der Waals surface area contributed by atoms with Crippen molar-refractivity contribution >= 4 is 5.69 Å². The van der Waals surface area contributed by atoms with Gasteiger partial charge in [0, 0.05) is 0 Å². The van der Waals surface area contributed by atoms with Crippen molar-refractivity contribution in [3.05, 3.63) is 34.2 Å². The van der Waals surface area contributed by atoms with E-state index in [9.17, 15) is 4.91 Å². The van der Waals surface area contributed by atoms with E-state index in [1.807, 2.05) is 6.07 Å². The van der Waals surface area contributed by atoms with Gasteiger partial charge >= 0.3 is 0 Å². The van der Waals surface area contributed by atoms with Gasteiger partial charge in [-0.2, -0.15) is 0 Å². The second kappa shape index (κ2) is 4.99. The minimum Gasteiger partial charge on any atom is -0.145 e. The average Bonchev–Trinajstić information content (AvgIpc) is 3.14. The van der Waals surface area contributed by atoms with Crippen molar-refractivity contribution in [3.8, 4) is 0 Å². The molecule has 0 aliphatic heterocycles. The first-order valence-electron chi connectivity index (χ1n) is 6.65. The molecule has 1 fully saturated rings. The van der Waals surface area contributed by atoms with E-state index in [1.54, 1.807) is 0 Å². The van der Waals surface area contributed by atoms with Gasteiger partial charge in [0.15, 0.2) is 0 Å². The molecule has 1 aliphatic rings. The predicted molar refractivity (Wildman–Crippen MR) is 71.7 cm³/mol. The number of nitrogens with zero attached hydrogens (tertiary/aromatic N) is 1. The molecule has 1 aromatic rings.